The van der Waals surface area contributed by atoms with E-state index in [4.69, 9.17) is 0 Å². The molecule has 3 rings (SSSR count). The Labute approximate surface area is 174 Å². The zero-order valence-corrected chi connectivity index (χ0v) is 18.2. The molecule has 0 N–H and O–H groups in total. The fourth-order valence-electron chi connectivity index (χ4n) is 3.25. The second-order valence-corrected chi connectivity index (χ2v) is 8.15. The van der Waals surface area contributed by atoms with Crippen LogP contribution in [-0.4, -0.2) is 43.1 Å². The molecular weight excluding hydrogens is 386 g/mol. The largest absolute Gasteiger partial charge is 0.350 e. The second kappa shape index (κ2) is 9.26. The Morgan fingerprint density at radius 3 is 2.55 bits per heavy atom. The summed E-state index contributed by atoms with van der Waals surface area (Å²) in [6.45, 7) is 9.49. The average Bonchev–Trinajstić information content (AvgIpc) is 3.00. The Kier molecular flexibility index (Phi) is 6.74. The van der Waals surface area contributed by atoms with E-state index in [0.29, 0.717) is 23.8 Å². The summed E-state index contributed by atoms with van der Waals surface area (Å²) in [5.74, 6) is -0.0873. The molecule has 0 fully saturated rings. The van der Waals surface area contributed by atoms with Gasteiger partial charge in [0.25, 0.3) is 0 Å². The minimum atomic E-state index is -0.328. The van der Waals surface area contributed by atoms with Crippen molar-refractivity contribution in [2.45, 2.75) is 57.0 Å². The number of carbonyl (C=O) groups is 1. The van der Waals surface area contributed by atoms with Gasteiger partial charge in [-0.15, -0.1) is 5.10 Å². The van der Waals surface area contributed by atoms with Crippen LogP contribution >= 0.6 is 11.8 Å². The van der Waals surface area contributed by atoms with Crippen LogP contribution in [0.15, 0.2) is 45.3 Å². The fraction of sp³-hybridized carbons (Fsp3) is 0.429. The van der Waals surface area contributed by atoms with Crippen LogP contribution in [0.25, 0.3) is 5.65 Å². The number of amides is 1. The lowest BCUT2D eigenvalue weighted by Gasteiger charge is -2.20. The highest BCUT2D eigenvalue weighted by Gasteiger charge is 2.18. The van der Waals surface area contributed by atoms with Gasteiger partial charge in [0.1, 0.15) is 11.6 Å². The number of rotatable bonds is 8. The number of aromatic nitrogens is 4. The molecular formula is C21H27N5O2S. The molecule has 7 nitrogen and oxygen atoms in total. The van der Waals surface area contributed by atoms with Gasteiger partial charge in [0.05, 0.1) is 0 Å². The maximum Gasteiger partial charge on any atom is 0.350 e. The van der Waals surface area contributed by atoms with Gasteiger partial charge >= 0.3 is 5.69 Å². The molecule has 2 heterocycles. The first-order chi connectivity index (χ1) is 13.9. The summed E-state index contributed by atoms with van der Waals surface area (Å²) in [4.78, 5) is 32.7. The fourth-order valence-corrected chi connectivity index (χ4v) is 4.16. The van der Waals surface area contributed by atoms with Gasteiger partial charge in [0.15, 0.2) is 5.65 Å². The summed E-state index contributed by atoms with van der Waals surface area (Å²) in [6, 6.07) is 6.21. The number of hydrogen-bond donors (Lipinski definition) is 0. The molecule has 0 aliphatic heterocycles. The molecule has 0 unspecified atom stereocenters. The van der Waals surface area contributed by atoms with Gasteiger partial charge < -0.3 is 4.90 Å². The SMILES string of the molecule is CCCN(CCC)C(=O)Cn1nc2c(Sc3ccc(C)cc3C)nccn2c1=O. The van der Waals surface area contributed by atoms with Crippen LogP contribution in [-0.2, 0) is 11.3 Å². The summed E-state index contributed by atoms with van der Waals surface area (Å²) >= 11 is 1.47. The van der Waals surface area contributed by atoms with Crippen molar-refractivity contribution in [2.24, 2.45) is 0 Å². The highest BCUT2D eigenvalue weighted by molar-refractivity contribution is 7.99. The minimum absolute atomic E-state index is 0.0613. The average molecular weight is 414 g/mol. The molecule has 154 valence electrons. The molecule has 0 saturated heterocycles. The number of fused-ring (bicyclic) bond motifs is 1. The Balaban J connectivity index is 1.92. The molecule has 29 heavy (non-hydrogen) atoms. The van der Waals surface area contributed by atoms with Crippen molar-refractivity contribution >= 4 is 23.3 Å². The van der Waals surface area contributed by atoms with Crippen molar-refractivity contribution in [1.29, 1.82) is 0 Å². The van der Waals surface area contributed by atoms with E-state index in [1.807, 2.05) is 19.9 Å². The molecule has 1 amide bonds. The molecule has 0 aliphatic rings. The summed E-state index contributed by atoms with van der Waals surface area (Å²) < 4.78 is 2.69. The maximum atomic E-state index is 12.8. The highest BCUT2D eigenvalue weighted by atomic mass is 32.2. The molecule has 1 aromatic carbocycles. The summed E-state index contributed by atoms with van der Waals surface area (Å²) in [6.07, 6.45) is 4.95. The smallest absolute Gasteiger partial charge is 0.341 e. The van der Waals surface area contributed by atoms with Crippen LogP contribution in [0.4, 0.5) is 0 Å². The summed E-state index contributed by atoms with van der Waals surface area (Å²) in [5, 5.41) is 5.08. The van der Waals surface area contributed by atoms with E-state index < -0.39 is 0 Å². The lowest BCUT2D eigenvalue weighted by molar-refractivity contribution is -0.132. The normalized spacial score (nSPS) is 11.2. The number of carbonyl (C=O) groups excluding carboxylic acids is 1. The van der Waals surface area contributed by atoms with E-state index in [9.17, 15) is 9.59 Å². The number of nitrogens with zero attached hydrogens (tertiary/aromatic N) is 5. The van der Waals surface area contributed by atoms with E-state index in [0.717, 1.165) is 23.3 Å². The van der Waals surface area contributed by atoms with Crippen molar-refractivity contribution in [2.75, 3.05) is 13.1 Å². The zero-order valence-electron chi connectivity index (χ0n) is 17.4. The predicted molar refractivity (Wildman–Crippen MR) is 114 cm³/mol. The van der Waals surface area contributed by atoms with Gasteiger partial charge in [0, 0.05) is 30.4 Å². The Hall–Kier alpha value is -2.61. The number of aryl methyl sites for hydroxylation is 2. The minimum Gasteiger partial charge on any atom is -0.341 e. The Morgan fingerprint density at radius 2 is 1.90 bits per heavy atom. The van der Waals surface area contributed by atoms with Crippen molar-refractivity contribution < 1.29 is 4.79 Å². The van der Waals surface area contributed by atoms with Crippen LogP contribution in [0.1, 0.15) is 37.8 Å². The maximum absolute atomic E-state index is 12.8. The van der Waals surface area contributed by atoms with E-state index in [2.05, 4.69) is 36.1 Å². The van der Waals surface area contributed by atoms with Crippen LogP contribution in [0.5, 0.6) is 0 Å². The molecule has 3 aromatic rings. The van der Waals surface area contributed by atoms with E-state index in [1.54, 1.807) is 17.3 Å². The third kappa shape index (κ3) is 4.70. The van der Waals surface area contributed by atoms with Gasteiger partial charge in [-0.05, 0) is 38.3 Å². The van der Waals surface area contributed by atoms with Gasteiger partial charge in [-0.2, -0.15) is 0 Å². The first-order valence-electron chi connectivity index (χ1n) is 9.91. The van der Waals surface area contributed by atoms with E-state index >= 15 is 0 Å². The lowest BCUT2D eigenvalue weighted by Crippen LogP contribution is -2.37. The molecule has 0 bridgehead atoms. The molecule has 0 spiro atoms. The van der Waals surface area contributed by atoms with Crippen molar-refractivity contribution in [3.63, 3.8) is 0 Å². The standard InChI is InChI=1S/C21H27N5O2S/c1-5-10-24(11-6-2)18(27)14-26-21(28)25-12-9-22-20(19(25)23-26)29-17-8-7-15(3)13-16(17)4/h7-9,12-13H,5-6,10-11,14H2,1-4H3. The third-order valence-corrected chi connectivity index (χ3v) is 5.79. The predicted octanol–water partition coefficient (Wildman–Crippen LogP) is 3.31. The molecule has 0 atom stereocenters. The second-order valence-electron chi connectivity index (χ2n) is 7.12. The van der Waals surface area contributed by atoms with Crippen LogP contribution in [0.3, 0.4) is 0 Å². The zero-order chi connectivity index (χ0) is 21.0. The summed E-state index contributed by atoms with van der Waals surface area (Å²) in [5.41, 5.74) is 2.48. The lowest BCUT2D eigenvalue weighted by atomic mass is 10.2. The molecule has 0 radical (unpaired) electrons. The van der Waals surface area contributed by atoms with Gasteiger partial charge in [-0.3, -0.25) is 4.79 Å². The molecule has 0 saturated carbocycles. The first-order valence-corrected chi connectivity index (χ1v) is 10.7. The van der Waals surface area contributed by atoms with Gasteiger partial charge in [0.2, 0.25) is 5.91 Å². The third-order valence-electron chi connectivity index (χ3n) is 4.63. The van der Waals surface area contributed by atoms with Gasteiger partial charge in [-0.25, -0.2) is 18.9 Å². The quantitative estimate of drug-likeness (QED) is 0.567. The van der Waals surface area contributed by atoms with Crippen LogP contribution < -0.4 is 5.69 Å². The molecule has 2 aromatic heterocycles. The Bertz CT molecular complexity index is 1070. The molecule has 8 heteroatoms. The Morgan fingerprint density at radius 1 is 1.17 bits per heavy atom. The van der Waals surface area contributed by atoms with Crippen molar-refractivity contribution in [3.05, 3.63) is 52.2 Å². The highest BCUT2D eigenvalue weighted by Crippen LogP contribution is 2.30. The first kappa shape index (κ1) is 21.1. The monoisotopic (exact) mass is 413 g/mol. The number of benzene rings is 1. The molecule has 0 aliphatic carbocycles. The van der Waals surface area contributed by atoms with Crippen molar-refractivity contribution in [3.8, 4) is 0 Å². The van der Waals surface area contributed by atoms with E-state index in [-0.39, 0.29) is 18.1 Å². The van der Waals surface area contributed by atoms with Crippen molar-refractivity contribution in [1.82, 2.24) is 24.1 Å². The van der Waals surface area contributed by atoms with Crippen LogP contribution in [0.2, 0.25) is 0 Å². The van der Waals surface area contributed by atoms with Gasteiger partial charge in [-0.1, -0.05) is 43.3 Å². The summed E-state index contributed by atoms with van der Waals surface area (Å²) in [7, 11) is 0. The van der Waals surface area contributed by atoms with E-state index in [1.165, 1.54) is 26.4 Å². The van der Waals surface area contributed by atoms with Crippen LogP contribution in [0, 0.1) is 13.8 Å². The number of hydrogen-bond acceptors (Lipinski definition) is 5. The topological polar surface area (TPSA) is 72.5 Å².